The molecule has 1 saturated carbocycles. The Labute approximate surface area is 194 Å². The van der Waals surface area contributed by atoms with Gasteiger partial charge in [-0.2, -0.15) is 10.2 Å². The van der Waals surface area contributed by atoms with Crippen molar-refractivity contribution < 1.29 is 13.2 Å². The summed E-state index contributed by atoms with van der Waals surface area (Å²) in [5, 5.41) is 7.32. The Bertz CT molecular complexity index is 1240. The number of amidine groups is 1. The van der Waals surface area contributed by atoms with Gasteiger partial charge in [-0.05, 0) is 30.7 Å². The number of alkyl halides is 2. The van der Waals surface area contributed by atoms with Crippen LogP contribution in [0.25, 0.3) is 17.3 Å². The second-order valence-electron chi connectivity index (χ2n) is 8.02. The van der Waals surface area contributed by atoms with Crippen LogP contribution in [0.3, 0.4) is 0 Å². The van der Waals surface area contributed by atoms with Crippen molar-refractivity contribution in [1.82, 2.24) is 19.5 Å². The zero-order valence-corrected chi connectivity index (χ0v) is 18.7. The maximum Gasteiger partial charge on any atom is 0.252 e. The molecule has 1 atom stereocenters. The Morgan fingerprint density at radius 1 is 1.21 bits per heavy atom. The summed E-state index contributed by atoms with van der Waals surface area (Å²) in [6, 6.07) is 7.00. The summed E-state index contributed by atoms with van der Waals surface area (Å²) in [4.78, 5) is 19.7. The number of hydrogen-bond acceptors (Lipinski definition) is 7. The van der Waals surface area contributed by atoms with E-state index in [1.54, 1.807) is 35.2 Å². The molecule has 0 saturated heterocycles. The average Bonchev–Trinajstić information content (AvgIpc) is 3.27. The van der Waals surface area contributed by atoms with Gasteiger partial charge in [-0.3, -0.25) is 4.57 Å². The Hall–Kier alpha value is -3.94. The zero-order chi connectivity index (χ0) is 24.5. The molecule has 8 nitrogen and oxygen atoms in total. The van der Waals surface area contributed by atoms with Crippen LogP contribution in [0.2, 0.25) is 0 Å². The lowest BCUT2D eigenvalue weighted by atomic mass is 9.85. The van der Waals surface area contributed by atoms with Gasteiger partial charge in [-0.1, -0.05) is 6.92 Å². The van der Waals surface area contributed by atoms with Gasteiger partial charge in [0.1, 0.15) is 23.2 Å². The van der Waals surface area contributed by atoms with E-state index in [-0.39, 0.29) is 30.7 Å². The highest BCUT2D eigenvalue weighted by molar-refractivity contribution is 5.95. The molecule has 3 heterocycles. The molecule has 1 fully saturated rings. The highest BCUT2D eigenvalue weighted by atomic mass is 19.3. The van der Waals surface area contributed by atoms with Crippen molar-refractivity contribution in [2.24, 2.45) is 10.7 Å². The monoisotopic (exact) mass is 468 g/mol. The summed E-state index contributed by atoms with van der Waals surface area (Å²) < 4.78 is 42.3. The van der Waals surface area contributed by atoms with E-state index in [1.807, 2.05) is 11.8 Å². The van der Waals surface area contributed by atoms with Crippen LogP contribution in [0.15, 0.2) is 47.8 Å². The molecule has 0 bridgehead atoms. The van der Waals surface area contributed by atoms with Crippen molar-refractivity contribution in [2.75, 3.05) is 4.90 Å². The predicted molar refractivity (Wildman–Crippen MR) is 122 cm³/mol. The quantitative estimate of drug-likeness (QED) is 0.609. The average molecular weight is 468 g/mol. The first-order valence-corrected chi connectivity index (χ1v) is 10.8. The van der Waals surface area contributed by atoms with Gasteiger partial charge >= 0.3 is 0 Å². The summed E-state index contributed by atoms with van der Waals surface area (Å²) in [5.74, 6) is -1.32. The summed E-state index contributed by atoms with van der Waals surface area (Å²) >= 11 is 0. The smallest absolute Gasteiger partial charge is 0.252 e. The lowest BCUT2D eigenvalue weighted by molar-refractivity contribution is -0.0866. The first-order chi connectivity index (χ1) is 16.3. The van der Waals surface area contributed by atoms with E-state index < -0.39 is 5.92 Å². The Kier molecular flexibility index (Phi) is 6.24. The maximum atomic E-state index is 13.7. The van der Waals surface area contributed by atoms with Crippen molar-refractivity contribution in [3.8, 4) is 23.4 Å². The number of rotatable bonds is 4. The fourth-order valence-corrected chi connectivity index (χ4v) is 4.18. The molecule has 1 aliphatic heterocycles. The van der Waals surface area contributed by atoms with Crippen LogP contribution in [0, 0.1) is 17.1 Å². The van der Waals surface area contributed by atoms with Gasteiger partial charge < -0.3 is 10.6 Å². The first kappa shape index (κ1) is 23.2. The molecule has 0 amide bonds. The highest BCUT2D eigenvalue weighted by Crippen LogP contribution is 2.45. The van der Waals surface area contributed by atoms with E-state index in [2.05, 4.69) is 19.9 Å². The van der Waals surface area contributed by atoms with Crippen LogP contribution in [-0.4, -0.2) is 43.4 Å². The third-order valence-corrected chi connectivity index (χ3v) is 5.72. The maximum absolute atomic E-state index is 13.7. The largest absolute Gasteiger partial charge is 0.385 e. The van der Waals surface area contributed by atoms with Crippen LogP contribution in [0.5, 0.6) is 0 Å². The minimum Gasteiger partial charge on any atom is -0.385 e. The van der Waals surface area contributed by atoms with E-state index in [4.69, 9.17) is 11.0 Å². The molecule has 0 radical (unpaired) electrons. The third-order valence-electron chi connectivity index (χ3n) is 5.72. The Morgan fingerprint density at radius 2 is 1.88 bits per heavy atom. The number of nitrogens with two attached hydrogens (primary N) is 1. The van der Waals surface area contributed by atoms with E-state index in [9.17, 15) is 13.2 Å². The minimum atomic E-state index is -2.68. The molecule has 2 N–H and O–H groups in total. The van der Waals surface area contributed by atoms with E-state index in [0.717, 1.165) is 0 Å². The van der Waals surface area contributed by atoms with Gasteiger partial charge in [0.05, 0.1) is 18.3 Å². The number of hydrogen-bond donors (Lipinski definition) is 1. The number of nitriles is 1. The van der Waals surface area contributed by atoms with Crippen molar-refractivity contribution in [1.29, 1.82) is 5.26 Å². The molecule has 176 valence electrons. The molecule has 11 heteroatoms. The molecule has 3 aromatic rings. The normalized spacial score (nSPS) is 18.6. The van der Waals surface area contributed by atoms with E-state index >= 15 is 0 Å². The summed E-state index contributed by atoms with van der Waals surface area (Å²) in [6.07, 6.45) is 4.94. The molecule has 34 heavy (non-hydrogen) atoms. The first-order valence-electron chi connectivity index (χ1n) is 10.8. The standard InChI is InChI=1S/C21H20F3N7.C2H3N/c1-2-16-17(25)28-15-11-27-20(29-19(15)31(16)14-9-21(23,24)10-14)30-8-7-26-18(30)12-3-5-13(22)6-4-12;1-2-3/h3-8,11,14,16H,2,9-10H2,1H3,(H2,25,28);1H3/t16-;/m1./s1. The number of nitrogens with zero attached hydrogens (tertiary/aromatic N) is 7. The molecular formula is C23H23F3N8. The van der Waals surface area contributed by atoms with Crippen LogP contribution in [-0.2, 0) is 0 Å². The van der Waals surface area contributed by atoms with Gasteiger partial charge in [-0.15, -0.1) is 0 Å². The van der Waals surface area contributed by atoms with Gasteiger partial charge in [0, 0.05) is 43.8 Å². The number of anilines is 1. The number of aromatic nitrogens is 4. The topological polar surface area (TPSA) is 109 Å². The van der Waals surface area contributed by atoms with E-state index in [1.165, 1.54) is 25.3 Å². The SMILES string of the molecule is CC#N.CC[C@@H]1C(N)=Nc2cnc(-n3ccnc3-c3ccc(F)cc3)nc2N1C1CC(F)(F)C1. The summed E-state index contributed by atoms with van der Waals surface area (Å²) in [5.41, 5.74) is 7.28. The predicted octanol–water partition coefficient (Wildman–Crippen LogP) is 4.38. The van der Waals surface area contributed by atoms with Gasteiger partial charge in [0.25, 0.3) is 5.92 Å². The molecule has 1 aliphatic carbocycles. The molecule has 0 spiro atoms. The number of aliphatic imine (C=N–C) groups is 1. The Morgan fingerprint density at radius 3 is 2.50 bits per heavy atom. The van der Waals surface area contributed by atoms with Crippen molar-refractivity contribution in [3.05, 3.63) is 48.7 Å². The lowest BCUT2D eigenvalue weighted by Gasteiger charge is -2.47. The van der Waals surface area contributed by atoms with Gasteiger partial charge in [-0.25, -0.2) is 28.1 Å². The second kappa shape index (κ2) is 9.13. The number of fused-ring (bicyclic) bond motifs is 1. The van der Waals surface area contributed by atoms with Crippen LogP contribution < -0.4 is 10.6 Å². The van der Waals surface area contributed by atoms with Gasteiger partial charge in [0.2, 0.25) is 5.95 Å². The molecule has 1 aromatic carbocycles. The molecule has 0 unspecified atom stereocenters. The molecule has 2 aliphatic rings. The number of imidazole rings is 1. The van der Waals surface area contributed by atoms with Crippen molar-refractivity contribution in [3.63, 3.8) is 0 Å². The van der Waals surface area contributed by atoms with Crippen LogP contribution in [0.4, 0.5) is 24.7 Å². The molecule has 2 aromatic heterocycles. The third kappa shape index (κ3) is 4.31. The minimum absolute atomic E-state index is 0.249. The Balaban J connectivity index is 0.000000868. The zero-order valence-electron chi connectivity index (χ0n) is 18.7. The van der Waals surface area contributed by atoms with Gasteiger partial charge in [0.15, 0.2) is 5.82 Å². The number of benzene rings is 1. The van der Waals surface area contributed by atoms with Crippen LogP contribution >= 0.6 is 0 Å². The van der Waals surface area contributed by atoms with Crippen molar-refractivity contribution >= 4 is 17.3 Å². The van der Waals surface area contributed by atoms with Crippen LogP contribution in [0.1, 0.15) is 33.1 Å². The fraction of sp³-hybridized carbons (Fsp3) is 0.348. The highest BCUT2D eigenvalue weighted by Gasteiger charge is 2.51. The van der Waals surface area contributed by atoms with Crippen molar-refractivity contribution in [2.45, 2.75) is 51.1 Å². The number of halogens is 3. The fourth-order valence-electron chi connectivity index (χ4n) is 4.18. The summed E-state index contributed by atoms with van der Waals surface area (Å²) in [7, 11) is 0. The summed E-state index contributed by atoms with van der Waals surface area (Å²) in [6.45, 7) is 3.37. The second-order valence-corrected chi connectivity index (χ2v) is 8.02. The lowest BCUT2D eigenvalue weighted by Crippen LogP contribution is -2.59. The molecular weight excluding hydrogens is 445 g/mol. The van der Waals surface area contributed by atoms with E-state index in [0.29, 0.717) is 41.1 Å². The molecule has 5 rings (SSSR count).